The summed E-state index contributed by atoms with van der Waals surface area (Å²) in [6.07, 6.45) is 1.72. The van der Waals surface area contributed by atoms with Crippen LogP contribution in [0.25, 0.3) is 11.3 Å². The number of nitrogens with one attached hydrogen (secondary N) is 1. The van der Waals surface area contributed by atoms with Crippen LogP contribution in [0, 0.1) is 6.92 Å². The number of nitrogens with zero attached hydrogens (tertiary/aromatic N) is 2. The molecule has 35 heavy (non-hydrogen) atoms. The average Bonchev–Trinajstić information content (AvgIpc) is 2.89. The van der Waals surface area contributed by atoms with Gasteiger partial charge >= 0.3 is 0 Å². The highest BCUT2D eigenvalue weighted by atomic mass is 16.1. The number of aryl methyl sites for hydroxylation is 2. The van der Waals surface area contributed by atoms with Gasteiger partial charge < -0.3 is 5.32 Å². The zero-order valence-corrected chi connectivity index (χ0v) is 20.1. The molecule has 4 aromatic rings. The third-order valence-corrected chi connectivity index (χ3v) is 6.15. The third-order valence-electron chi connectivity index (χ3n) is 6.15. The van der Waals surface area contributed by atoms with Crippen molar-refractivity contribution in [2.24, 2.45) is 0 Å². The largest absolute Gasteiger partial charge is 0.356 e. The van der Waals surface area contributed by atoms with Gasteiger partial charge in [-0.1, -0.05) is 90.5 Å². The molecule has 4 rings (SSSR count). The Bertz CT molecular complexity index is 1240. The number of hydrogen-bond acceptors (Lipinski definition) is 3. The van der Waals surface area contributed by atoms with Crippen molar-refractivity contribution in [3.63, 3.8) is 0 Å². The van der Waals surface area contributed by atoms with Crippen LogP contribution in [0.15, 0.2) is 102 Å². The van der Waals surface area contributed by atoms with E-state index < -0.39 is 0 Å². The van der Waals surface area contributed by atoms with E-state index in [9.17, 15) is 9.59 Å². The molecule has 0 atom stereocenters. The van der Waals surface area contributed by atoms with E-state index in [1.54, 1.807) is 6.07 Å². The maximum Gasteiger partial charge on any atom is 0.266 e. The van der Waals surface area contributed by atoms with Crippen molar-refractivity contribution >= 4 is 5.91 Å². The Labute approximate surface area is 206 Å². The monoisotopic (exact) mass is 465 g/mol. The molecule has 0 unspecified atom stereocenters. The van der Waals surface area contributed by atoms with E-state index in [1.165, 1.54) is 27.4 Å². The first-order valence-corrected chi connectivity index (χ1v) is 12.1. The number of hydrogen-bond donors (Lipinski definition) is 1. The Morgan fingerprint density at radius 3 is 2.11 bits per heavy atom. The van der Waals surface area contributed by atoms with Crippen molar-refractivity contribution in [1.29, 1.82) is 0 Å². The van der Waals surface area contributed by atoms with E-state index in [0.717, 1.165) is 17.7 Å². The van der Waals surface area contributed by atoms with Crippen LogP contribution in [0.5, 0.6) is 0 Å². The number of amides is 1. The predicted molar refractivity (Wildman–Crippen MR) is 140 cm³/mol. The SMILES string of the molecule is Cc1ccc(-c2ccc(=O)n(CCCC(=O)NCCC(c3ccccc3)c3ccccc3)n2)cc1. The lowest BCUT2D eigenvalue weighted by Crippen LogP contribution is -2.27. The summed E-state index contributed by atoms with van der Waals surface area (Å²) < 4.78 is 1.45. The van der Waals surface area contributed by atoms with Crippen LogP contribution in [0.2, 0.25) is 0 Å². The summed E-state index contributed by atoms with van der Waals surface area (Å²) in [7, 11) is 0. The topological polar surface area (TPSA) is 64.0 Å². The quantitative estimate of drug-likeness (QED) is 0.344. The molecular formula is C30H31N3O2. The first-order valence-electron chi connectivity index (χ1n) is 12.1. The maximum absolute atomic E-state index is 12.5. The molecule has 0 fully saturated rings. The van der Waals surface area contributed by atoms with E-state index in [0.29, 0.717) is 25.9 Å². The van der Waals surface area contributed by atoms with Crippen LogP contribution in [-0.2, 0) is 11.3 Å². The second-order valence-electron chi connectivity index (χ2n) is 8.76. The first kappa shape index (κ1) is 24.1. The van der Waals surface area contributed by atoms with Gasteiger partial charge in [-0.25, -0.2) is 4.68 Å². The van der Waals surface area contributed by atoms with Crippen molar-refractivity contribution in [3.8, 4) is 11.3 Å². The molecule has 0 aliphatic heterocycles. The highest BCUT2D eigenvalue weighted by Gasteiger charge is 2.14. The summed E-state index contributed by atoms with van der Waals surface area (Å²) in [5.74, 6) is 0.220. The number of aromatic nitrogens is 2. The van der Waals surface area contributed by atoms with Gasteiger partial charge in [0.1, 0.15) is 0 Å². The van der Waals surface area contributed by atoms with Gasteiger partial charge in [0, 0.05) is 37.1 Å². The summed E-state index contributed by atoms with van der Waals surface area (Å²) in [4.78, 5) is 24.7. The minimum atomic E-state index is -0.158. The van der Waals surface area contributed by atoms with Crippen LogP contribution in [-0.4, -0.2) is 22.2 Å². The Morgan fingerprint density at radius 2 is 1.49 bits per heavy atom. The van der Waals surface area contributed by atoms with Gasteiger partial charge in [-0.2, -0.15) is 5.10 Å². The summed E-state index contributed by atoms with van der Waals surface area (Å²) >= 11 is 0. The van der Waals surface area contributed by atoms with Crippen molar-refractivity contribution in [3.05, 3.63) is 124 Å². The van der Waals surface area contributed by atoms with Gasteiger partial charge in [0.05, 0.1) is 5.69 Å². The zero-order valence-electron chi connectivity index (χ0n) is 20.1. The number of rotatable bonds is 10. The Morgan fingerprint density at radius 1 is 0.857 bits per heavy atom. The lowest BCUT2D eigenvalue weighted by Gasteiger charge is -2.18. The molecule has 0 saturated heterocycles. The van der Waals surface area contributed by atoms with Crippen LogP contribution >= 0.6 is 0 Å². The fourth-order valence-corrected chi connectivity index (χ4v) is 4.22. The zero-order chi connectivity index (χ0) is 24.5. The van der Waals surface area contributed by atoms with E-state index in [2.05, 4.69) is 34.7 Å². The molecule has 0 aliphatic rings. The van der Waals surface area contributed by atoms with Crippen LogP contribution in [0.4, 0.5) is 0 Å². The van der Waals surface area contributed by atoms with Gasteiger partial charge in [-0.15, -0.1) is 0 Å². The molecule has 0 spiro atoms. The average molecular weight is 466 g/mol. The van der Waals surface area contributed by atoms with Crippen LogP contribution in [0.1, 0.15) is 41.9 Å². The highest BCUT2D eigenvalue weighted by Crippen LogP contribution is 2.27. The number of carbonyl (C=O) groups excluding carboxylic acids is 1. The molecule has 0 saturated carbocycles. The van der Waals surface area contributed by atoms with Gasteiger partial charge in [-0.05, 0) is 37.0 Å². The molecule has 0 radical (unpaired) electrons. The molecule has 5 nitrogen and oxygen atoms in total. The molecule has 3 aromatic carbocycles. The minimum Gasteiger partial charge on any atom is -0.356 e. The fourth-order valence-electron chi connectivity index (χ4n) is 4.22. The highest BCUT2D eigenvalue weighted by molar-refractivity contribution is 5.75. The fraction of sp³-hybridized carbons (Fsp3) is 0.233. The lowest BCUT2D eigenvalue weighted by molar-refractivity contribution is -0.121. The standard InChI is InChI=1S/C30H31N3O2/c1-23-14-16-26(17-15-23)28-18-19-30(35)33(32-28)22-8-13-29(34)31-21-20-27(24-9-4-2-5-10-24)25-11-6-3-7-12-25/h2-7,9-12,14-19,27H,8,13,20-22H2,1H3,(H,31,34). The van der Waals surface area contributed by atoms with Crippen LogP contribution in [0.3, 0.4) is 0 Å². The molecule has 0 bridgehead atoms. The van der Waals surface area contributed by atoms with E-state index in [1.807, 2.05) is 67.6 Å². The third kappa shape index (κ3) is 6.76. The Kier molecular flexibility index (Phi) is 8.23. The molecule has 5 heteroatoms. The molecule has 1 N–H and O–H groups in total. The van der Waals surface area contributed by atoms with Gasteiger partial charge in [0.2, 0.25) is 5.91 Å². The van der Waals surface area contributed by atoms with Crippen LogP contribution < -0.4 is 10.9 Å². The smallest absolute Gasteiger partial charge is 0.266 e. The Balaban J connectivity index is 1.29. The Hall–Kier alpha value is -3.99. The summed E-state index contributed by atoms with van der Waals surface area (Å²) in [6.45, 7) is 3.03. The summed E-state index contributed by atoms with van der Waals surface area (Å²) in [5.41, 5.74) is 5.22. The maximum atomic E-state index is 12.5. The van der Waals surface area contributed by atoms with E-state index in [4.69, 9.17) is 0 Å². The van der Waals surface area contributed by atoms with Crippen molar-refractivity contribution in [1.82, 2.24) is 15.1 Å². The number of carbonyl (C=O) groups is 1. The molecule has 0 aliphatic carbocycles. The first-order chi connectivity index (χ1) is 17.1. The van der Waals surface area contributed by atoms with Gasteiger partial charge in [0.25, 0.3) is 5.56 Å². The molecule has 1 heterocycles. The lowest BCUT2D eigenvalue weighted by atomic mass is 9.88. The van der Waals surface area contributed by atoms with E-state index >= 15 is 0 Å². The van der Waals surface area contributed by atoms with E-state index in [-0.39, 0.29) is 17.4 Å². The summed E-state index contributed by atoms with van der Waals surface area (Å²) in [6, 6.07) is 32.1. The molecule has 1 aromatic heterocycles. The van der Waals surface area contributed by atoms with Gasteiger partial charge in [0.15, 0.2) is 0 Å². The predicted octanol–water partition coefficient (Wildman–Crippen LogP) is 5.34. The molecule has 178 valence electrons. The second kappa shape index (κ2) is 11.9. The van der Waals surface area contributed by atoms with Gasteiger partial charge in [-0.3, -0.25) is 9.59 Å². The second-order valence-corrected chi connectivity index (χ2v) is 8.76. The normalized spacial score (nSPS) is 10.9. The summed E-state index contributed by atoms with van der Waals surface area (Å²) in [5, 5.41) is 7.54. The minimum absolute atomic E-state index is 0.00684. The van der Waals surface area contributed by atoms with Crippen molar-refractivity contribution in [2.75, 3.05) is 6.54 Å². The van der Waals surface area contributed by atoms with Crippen molar-refractivity contribution in [2.45, 2.75) is 38.6 Å². The molecular weight excluding hydrogens is 434 g/mol. The molecule has 1 amide bonds. The number of benzene rings is 3. The van der Waals surface area contributed by atoms with Crippen molar-refractivity contribution < 1.29 is 4.79 Å².